The fourth-order valence-corrected chi connectivity index (χ4v) is 1.13. The fraction of sp³-hybridized carbons (Fsp3) is 0.667. The van der Waals surface area contributed by atoms with Crippen LogP contribution in [0.25, 0.3) is 0 Å². The van der Waals surface area contributed by atoms with Crippen molar-refractivity contribution in [1.82, 2.24) is 0 Å². The van der Waals surface area contributed by atoms with Gasteiger partial charge in [-0.25, -0.2) is 9.59 Å². The van der Waals surface area contributed by atoms with Gasteiger partial charge < -0.3 is 15.1 Å². The van der Waals surface area contributed by atoms with Gasteiger partial charge in [-0.05, 0) is 19.8 Å². The van der Waals surface area contributed by atoms with Crippen LogP contribution in [-0.2, 0) is 14.4 Å². The Morgan fingerprint density at radius 3 is 2.05 bits per heavy atom. The molecule has 7 heteroatoms. The highest BCUT2D eigenvalue weighted by Gasteiger charge is 2.00. The van der Waals surface area contributed by atoms with E-state index in [0.29, 0.717) is 12.2 Å². The van der Waals surface area contributed by atoms with Crippen molar-refractivity contribution in [1.29, 1.82) is 0 Å². The SMILES string of the molecule is CCCCCCC(C)ON=O.O=C(O)/C=C\C(=O)O. The molecule has 0 spiro atoms. The minimum absolute atomic E-state index is 0.00986. The Hall–Kier alpha value is -1.92. The summed E-state index contributed by atoms with van der Waals surface area (Å²) in [5.41, 5.74) is 0. The maximum absolute atomic E-state index is 9.63. The highest BCUT2D eigenvalue weighted by Crippen LogP contribution is 2.07. The van der Waals surface area contributed by atoms with E-state index >= 15 is 0 Å². The molecule has 0 saturated carbocycles. The second-order valence-electron chi connectivity index (χ2n) is 3.85. The average Bonchev–Trinajstić information content (AvgIpc) is 2.33. The summed E-state index contributed by atoms with van der Waals surface area (Å²) in [6.45, 7) is 4.04. The third-order valence-electron chi connectivity index (χ3n) is 2.06. The molecule has 0 saturated heterocycles. The standard InChI is InChI=1S/C8H17NO2.C4H4O4/c1-3-4-5-6-7-8(2)11-9-10;5-3(6)1-2-4(7)8/h8H,3-7H2,1-2H3;1-2H,(H,5,6)(H,7,8)/b;2-1-. The van der Waals surface area contributed by atoms with E-state index < -0.39 is 11.9 Å². The third-order valence-corrected chi connectivity index (χ3v) is 2.06. The minimum Gasteiger partial charge on any atom is -0.478 e. The summed E-state index contributed by atoms with van der Waals surface area (Å²) in [5, 5.41) is 18.0. The van der Waals surface area contributed by atoms with Gasteiger partial charge in [-0.1, -0.05) is 26.2 Å². The molecule has 0 aliphatic rings. The molecular formula is C12H21NO6. The lowest BCUT2D eigenvalue weighted by atomic mass is 10.1. The maximum Gasteiger partial charge on any atom is 0.328 e. The molecule has 19 heavy (non-hydrogen) atoms. The van der Waals surface area contributed by atoms with Gasteiger partial charge in [0.25, 0.3) is 0 Å². The van der Waals surface area contributed by atoms with E-state index in [0.717, 1.165) is 12.8 Å². The molecule has 0 aliphatic heterocycles. The van der Waals surface area contributed by atoms with Crippen molar-refractivity contribution in [2.75, 3.05) is 0 Å². The number of unbranched alkanes of at least 4 members (excludes halogenated alkanes) is 3. The van der Waals surface area contributed by atoms with Crippen molar-refractivity contribution >= 4 is 11.9 Å². The molecule has 0 aliphatic carbocycles. The van der Waals surface area contributed by atoms with E-state index in [9.17, 15) is 14.5 Å². The molecule has 7 nitrogen and oxygen atoms in total. The van der Waals surface area contributed by atoms with Gasteiger partial charge in [0.1, 0.15) is 6.10 Å². The Balaban J connectivity index is 0. The van der Waals surface area contributed by atoms with Gasteiger partial charge in [0.15, 0.2) is 5.34 Å². The maximum atomic E-state index is 9.63. The van der Waals surface area contributed by atoms with Crippen LogP contribution in [0.3, 0.4) is 0 Å². The number of hydrogen-bond donors (Lipinski definition) is 2. The van der Waals surface area contributed by atoms with Gasteiger partial charge in [-0.15, -0.1) is 4.91 Å². The molecule has 1 unspecified atom stereocenters. The first-order chi connectivity index (χ1) is 8.93. The summed E-state index contributed by atoms with van der Waals surface area (Å²) < 4.78 is 0. The number of carboxylic acid groups (broad SMARTS) is 2. The van der Waals surface area contributed by atoms with Gasteiger partial charge in [0.2, 0.25) is 0 Å². The highest BCUT2D eigenvalue weighted by atomic mass is 16.7. The quantitative estimate of drug-likeness (QED) is 0.289. The Morgan fingerprint density at radius 1 is 1.16 bits per heavy atom. The van der Waals surface area contributed by atoms with Gasteiger partial charge in [0, 0.05) is 12.2 Å². The monoisotopic (exact) mass is 275 g/mol. The molecule has 0 radical (unpaired) electrons. The van der Waals surface area contributed by atoms with Crippen LogP contribution in [0.1, 0.15) is 46.0 Å². The zero-order valence-corrected chi connectivity index (χ0v) is 11.2. The zero-order valence-electron chi connectivity index (χ0n) is 11.2. The predicted molar refractivity (Wildman–Crippen MR) is 69.5 cm³/mol. The van der Waals surface area contributed by atoms with Gasteiger partial charge in [-0.3, -0.25) is 0 Å². The molecule has 0 aromatic carbocycles. The first-order valence-electron chi connectivity index (χ1n) is 6.06. The van der Waals surface area contributed by atoms with Crippen molar-refractivity contribution in [2.45, 2.75) is 52.1 Å². The summed E-state index contributed by atoms with van der Waals surface area (Å²) >= 11 is 0. The van der Waals surface area contributed by atoms with E-state index in [-0.39, 0.29) is 6.10 Å². The largest absolute Gasteiger partial charge is 0.478 e. The second-order valence-corrected chi connectivity index (χ2v) is 3.85. The van der Waals surface area contributed by atoms with E-state index in [1.165, 1.54) is 19.3 Å². The summed E-state index contributed by atoms with van der Waals surface area (Å²) in [6, 6.07) is 0. The molecule has 0 amide bonds. The van der Waals surface area contributed by atoms with Gasteiger partial charge in [0.05, 0.1) is 0 Å². The first-order valence-corrected chi connectivity index (χ1v) is 6.06. The molecule has 110 valence electrons. The van der Waals surface area contributed by atoms with E-state index in [2.05, 4.69) is 17.1 Å². The van der Waals surface area contributed by atoms with E-state index in [1.54, 1.807) is 0 Å². The summed E-state index contributed by atoms with van der Waals surface area (Å²) in [4.78, 5) is 33.2. The number of aliphatic carboxylic acids is 2. The molecule has 1 atom stereocenters. The lowest BCUT2D eigenvalue weighted by molar-refractivity contribution is -0.134. The Kier molecular flexibility index (Phi) is 14.5. The number of carboxylic acids is 2. The average molecular weight is 275 g/mol. The topological polar surface area (TPSA) is 113 Å². The molecule has 0 aromatic heterocycles. The number of rotatable bonds is 9. The number of hydrogen-bond acceptors (Lipinski definition) is 5. The normalized spacial score (nSPS) is 11.3. The lowest BCUT2D eigenvalue weighted by Gasteiger charge is -2.05. The van der Waals surface area contributed by atoms with Gasteiger partial charge in [-0.2, -0.15) is 0 Å². The van der Waals surface area contributed by atoms with Crippen molar-refractivity contribution in [3.05, 3.63) is 17.1 Å². The molecule has 0 aromatic rings. The van der Waals surface area contributed by atoms with E-state index in [4.69, 9.17) is 10.2 Å². The smallest absolute Gasteiger partial charge is 0.328 e. The highest BCUT2D eigenvalue weighted by molar-refractivity contribution is 5.89. The Labute approximate surface area is 112 Å². The number of nitrogens with zero attached hydrogens (tertiary/aromatic N) is 1. The molecular weight excluding hydrogens is 254 g/mol. The summed E-state index contributed by atoms with van der Waals surface area (Å²) in [7, 11) is 0. The van der Waals surface area contributed by atoms with Crippen LogP contribution in [0.4, 0.5) is 0 Å². The first kappa shape index (κ1) is 19.4. The van der Waals surface area contributed by atoms with Crippen LogP contribution in [0, 0.1) is 4.91 Å². The van der Waals surface area contributed by atoms with Crippen LogP contribution in [-0.4, -0.2) is 28.3 Å². The molecule has 0 rings (SSSR count). The van der Waals surface area contributed by atoms with Crippen LogP contribution in [0.15, 0.2) is 17.5 Å². The molecule has 0 heterocycles. The lowest BCUT2D eigenvalue weighted by Crippen LogP contribution is -2.02. The zero-order chi connectivity index (χ0) is 15.1. The van der Waals surface area contributed by atoms with Gasteiger partial charge >= 0.3 is 11.9 Å². The molecule has 0 bridgehead atoms. The molecule has 0 fully saturated rings. The van der Waals surface area contributed by atoms with Crippen molar-refractivity contribution < 1.29 is 24.6 Å². The van der Waals surface area contributed by atoms with Crippen LogP contribution < -0.4 is 0 Å². The fourth-order valence-electron chi connectivity index (χ4n) is 1.13. The van der Waals surface area contributed by atoms with Crippen LogP contribution in [0.2, 0.25) is 0 Å². The molecule has 2 N–H and O–H groups in total. The van der Waals surface area contributed by atoms with Crippen molar-refractivity contribution in [2.24, 2.45) is 5.34 Å². The number of carbonyl (C=O) groups is 2. The predicted octanol–water partition coefficient (Wildman–Crippen LogP) is 2.76. The van der Waals surface area contributed by atoms with Crippen LogP contribution >= 0.6 is 0 Å². The minimum atomic E-state index is -1.26. The second kappa shape index (κ2) is 14.1. The van der Waals surface area contributed by atoms with Crippen LogP contribution in [0.5, 0.6) is 0 Å². The summed E-state index contributed by atoms with van der Waals surface area (Å²) in [5.74, 6) is -2.51. The van der Waals surface area contributed by atoms with Crippen molar-refractivity contribution in [3.8, 4) is 0 Å². The van der Waals surface area contributed by atoms with Crippen molar-refractivity contribution in [3.63, 3.8) is 0 Å². The van der Waals surface area contributed by atoms with E-state index in [1.807, 2.05) is 6.92 Å². The Morgan fingerprint density at radius 2 is 1.68 bits per heavy atom. The Bertz CT molecular complexity index is 274. The summed E-state index contributed by atoms with van der Waals surface area (Å²) in [6.07, 6.45) is 6.90. The third kappa shape index (κ3) is 21.8.